The molecule has 2 heterocycles. The second-order valence-corrected chi connectivity index (χ2v) is 7.95. The summed E-state index contributed by atoms with van der Waals surface area (Å²) >= 11 is 0. The molecule has 1 amide bonds. The normalized spacial score (nSPS) is 23.3. The molecule has 2 aliphatic rings. The molecule has 2 aromatic rings. The zero-order valence-corrected chi connectivity index (χ0v) is 16.8. The second-order valence-electron chi connectivity index (χ2n) is 7.95. The van der Waals surface area contributed by atoms with E-state index in [2.05, 4.69) is 0 Å². The summed E-state index contributed by atoms with van der Waals surface area (Å²) in [6, 6.07) is 17.2. The molecule has 2 aromatic carbocycles. The third-order valence-electron chi connectivity index (χ3n) is 6.14. The number of amides is 1. The zero-order valence-electron chi connectivity index (χ0n) is 16.8. The van der Waals surface area contributed by atoms with Crippen molar-refractivity contribution in [3.63, 3.8) is 0 Å². The van der Waals surface area contributed by atoms with Crippen LogP contribution in [0.1, 0.15) is 48.0 Å². The fourth-order valence-corrected chi connectivity index (χ4v) is 4.68. The van der Waals surface area contributed by atoms with Crippen molar-refractivity contribution in [1.29, 1.82) is 0 Å². The van der Waals surface area contributed by atoms with Gasteiger partial charge in [0.1, 0.15) is 12.4 Å². The van der Waals surface area contributed by atoms with Gasteiger partial charge in [0.2, 0.25) is 0 Å². The highest BCUT2D eigenvalue weighted by molar-refractivity contribution is 5.98. The van der Waals surface area contributed by atoms with Crippen molar-refractivity contribution in [3.8, 4) is 5.75 Å². The van der Waals surface area contributed by atoms with Gasteiger partial charge in [-0.2, -0.15) is 0 Å². The van der Waals surface area contributed by atoms with Crippen molar-refractivity contribution in [2.45, 2.75) is 50.8 Å². The van der Waals surface area contributed by atoms with Crippen molar-refractivity contribution < 1.29 is 19.1 Å². The molecule has 0 N–H and O–H groups in total. The average Bonchev–Trinajstić information content (AvgIpc) is 2.77. The number of piperidine rings is 2. The fourth-order valence-electron chi connectivity index (χ4n) is 4.68. The van der Waals surface area contributed by atoms with Gasteiger partial charge in [-0.3, -0.25) is 4.79 Å². The Labute approximate surface area is 171 Å². The first-order valence-corrected chi connectivity index (χ1v) is 10.3. The van der Waals surface area contributed by atoms with E-state index in [1.807, 2.05) is 59.5 Å². The average molecular weight is 393 g/mol. The Morgan fingerprint density at radius 2 is 1.62 bits per heavy atom. The number of rotatable bonds is 5. The Bertz CT molecular complexity index is 835. The van der Waals surface area contributed by atoms with E-state index in [1.54, 1.807) is 7.11 Å². The molecule has 5 heteroatoms. The lowest BCUT2D eigenvalue weighted by molar-refractivity contribution is 0.00472. The molecule has 2 atom stereocenters. The molecular formula is C24H27NO4. The summed E-state index contributed by atoms with van der Waals surface area (Å²) in [5.41, 5.74) is 1.70. The molecule has 0 radical (unpaired) electrons. The highest BCUT2D eigenvalue weighted by Gasteiger charge is 2.43. The van der Waals surface area contributed by atoms with E-state index in [4.69, 9.17) is 9.47 Å². The van der Waals surface area contributed by atoms with E-state index in [0.29, 0.717) is 18.4 Å². The van der Waals surface area contributed by atoms with E-state index >= 15 is 0 Å². The maximum atomic E-state index is 13.0. The summed E-state index contributed by atoms with van der Waals surface area (Å²) in [4.78, 5) is 27.8. The highest BCUT2D eigenvalue weighted by atomic mass is 16.6. The standard InChI is InChI=1S/C24H27NO4/c1-28-22-12-10-18(11-13-22)23(26)19-14-20-8-5-9-21(15-19)25(20)24(27)29-16-17-6-3-2-4-7-17/h2-4,6-7,10-13,19-21H,5,8-9,14-16H2,1H3. The van der Waals surface area contributed by atoms with Crippen LogP contribution in [0.5, 0.6) is 5.75 Å². The molecule has 2 unspecified atom stereocenters. The number of benzene rings is 2. The summed E-state index contributed by atoms with van der Waals surface area (Å²) in [6.45, 7) is 0.282. The molecule has 4 rings (SSSR count). The third kappa shape index (κ3) is 4.29. The lowest BCUT2D eigenvalue weighted by atomic mass is 9.76. The highest BCUT2D eigenvalue weighted by Crippen LogP contribution is 2.39. The van der Waals surface area contributed by atoms with Gasteiger partial charge in [-0.1, -0.05) is 30.3 Å². The van der Waals surface area contributed by atoms with Crippen molar-refractivity contribution in [1.82, 2.24) is 4.90 Å². The smallest absolute Gasteiger partial charge is 0.410 e. The predicted octanol–water partition coefficient (Wildman–Crippen LogP) is 4.85. The first-order chi connectivity index (χ1) is 14.2. The quantitative estimate of drug-likeness (QED) is 0.682. The number of methoxy groups -OCH3 is 1. The zero-order chi connectivity index (χ0) is 20.2. The number of Topliss-reactive ketones (excluding diaryl/α,β-unsaturated/α-hetero) is 1. The van der Waals surface area contributed by atoms with Crippen LogP contribution in [0.2, 0.25) is 0 Å². The minimum atomic E-state index is -0.251. The molecule has 0 aliphatic carbocycles. The summed E-state index contributed by atoms with van der Waals surface area (Å²) in [6.07, 6.45) is 4.14. The number of ketones is 1. The molecule has 152 valence electrons. The van der Waals surface area contributed by atoms with Crippen LogP contribution in [-0.4, -0.2) is 36.0 Å². The predicted molar refractivity (Wildman–Crippen MR) is 110 cm³/mol. The minimum Gasteiger partial charge on any atom is -0.497 e. The Balaban J connectivity index is 1.41. The number of nitrogens with zero attached hydrogens (tertiary/aromatic N) is 1. The molecule has 29 heavy (non-hydrogen) atoms. The second kappa shape index (κ2) is 8.68. The SMILES string of the molecule is COc1ccc(C(=O)C2CC3CCCC(C2)N3C(=O)OCc2ccccc2)cc1. The van der Waals surface area contributed by atoms with Gasteiger partial charge >= 0.3 is 6.09 Å². The van der Waals surface area contributed by atoms with E-state index in [0.717, 1.165) is 30.6 Å². The van der Waals surface area contributed by atoms with Crippen LogP contribution in [0.3, 0.4) is 0 Å². The molecule has 2 saturated heterocycles. The molecular weight excluding hydrogens is 366 g/mol. The number of ether oxygens (including phenoxy) is 2. The van der Waals surface area contributed by atoms with E-state index < -0.39 is 0 Å². The van der Waals surface area contributed by atoms with Crippen LogP contribution >= 0.6 is 0 Å². The van der Waals surface area contributed by atoms with Crippen LogP contribution < -0.4 is 4.74 Å². The van der Waals surface area contributed by atoms with Gasteiger partial charge in [-0.15, -0.1) is 0 Å². The van der Waals surface area contributed by atoms with Gasteiger partial charge in [0.25, 0.3) is 0 Å². The monoisotopic (exact) mass is 393 g/mol. The lowest BCUT2D eigenvalue weighted by Crippen LogP contribution is -2.55. The van der Waals surface area contributed by atoms with Crippen molar-refractivity contribution >= 4 is 11.9 Å². The van der Waals surface area contributed by atoms with E-state index in [1.165, 1.54) is 0 Å². The van der Waals surface area contributed by atoms with Crippen LogP contribution in [0.4, 0.5) is 4.79 Å². The fraction of sp³-hybridized carbons (Fsp3) is 0.417. The molecule has 5 nitrogen and oxygen atoms in total. The van der Waals surface area contributed by atoms with Crippen LogP contribution in [0, 0.1) is 5.92 Å². The van der Waals surface area contributed by atoms with Crippen molar-refractivity contribution in [2.75, 3.05) is 7.11 Å². The molecule has 2 bridgehead atoms. The number of carbonyl (C=O) groups is 2. The van der Waals surface area contributed by atoms with Crippen molar-refractivity contribution in [3.05, 3.63) is 65.7 Å². The molecule has 0 saturated carbocycles. The van der Waals surface area contributed by atoms with E-state index in [9.17, 15) is 9.59 Å². The van der Waals surface area contributed by atoms with E-state index in [-0.39, 0.29) is 36.5 Å². The summed E-state index contributed by atoms with van der Waals surface area (Å²) in [5.74, 6) is 0.869. The Hall–Kier alpha value is -2.82. The van der Waals surface area contributed by atoms with Gasteiger partial charge < -0.3 is 14.4 Å². The Morgan fingerprint density at radius 3 is 2.24 bits per heavy atom. The van der Waals surface area contributed by atoms with Gasteiger partial charge in [0.05, 0.1) is 7.11 Å². The molecule has 2 fully saturated rings. The summed E-state index contributed by atoms with van der Waals surface area (Å²) in [7, 11) is 1.62. The van der Waals surface area contributed by atoms with Crippen LogP contribution in [0.15, 0.2) is 54.6 Å². The number of hydrogen-bond donors (Lipinski definition) is 0. The molecule has 0 aromatic heterocycles. The number of carbonyl (C=O) groups excluding carboxylic acids is 2. The van der Waals surface area contributed by atoms with Gasteiger partial charge in [-0.05, 0) is 61.9 Å². The first-order valence-electron chi connectivity index (χ1n) is 10.3. The minimum absolute atomic E-state index is 0.0446. The first kappa shape index (κ1) is 19.5. The number of fused-ring (bicyclic) bond motifs is 2. The summed E-state index contributed by atoms with van der Waals surface area (Å²) < 4.78 is 10.8. The Morgan fingerprint density at radius 1 is 0.966 bits per heavy atom. The van der Waals surface area contributed by atoms with Gasteiger partial charge in [0, 0.05) is 23.6 Å². The van der Waals surface area contributed by atoms with Crippen LogP contribution in [0.25, 0.3) is 0 Å². The number of hydrogen-bond acceptors (Lipinski definition) is 4. The maximum Gasteiger partial charge on any atom is 0.410 e. The van der Waals surface area contributed by atoms with Gasteiger partial charge in [-0.25, -0.2) is 4.79 Å². The van der Waals surface area contributed by atoms with Gasteiger partial charge in [0.15, 0.2) is 5.78 Å². The largest absolute Gasteiger partial charge is 0.497 e. The summed E-state index contributed by atoms with van der Waals surface area (Å²) in [5, 5.41) is 0. The van der Waals surface area contributed by atoms with Crippen molar-refractivity contribution in [2.24, 2.45) is 5.92 Å². The van der Waals surface area contributed by atoms with Crippen LogP contribution in [-0.2, 0) is 11.3 Å². The topological polar surface area (TPSA) is 55.8 Å². The third-order valence-corrected chi connectivity index (χ3v) is 6.14. The maximum absolute atomic E-state index is 13.0. The Kier molecular flexibility index (Phi) is 5.84. The molecule has 2 aliphatic heterocycles. The molecule has 0 spiro atoms. The lowest BCUT2D eigenvalue weighted by Gasteiger charge is -2.47.